The molecule has 0 aliphatic carbocycles. The van der Waals surface area contributed by atoms with E-state index in [1.54, 1.807) is 31.2 Å². The first-order valence-electron chi connectivity index (χ1n) is 8.57. The Morgan fingerprint density at radius 3 is 2.78 bits per heavy atom. The van der Waals surface area contributed by atoms with Crippen LogP contribution < -0.4 is 19.5 Å². The molecular weight excluding hydrogens is 352 g/mol. The lowest BCUT2D eigenvalue weighted by Gasteiger charge is -2.19. The van der Waals surface area contributed by atoms with Crippen molar-refractivity contribution >= 4 is 17.6 Å². The minimum atomic E-state index is -1.01. The van der Waals surface area contributed by atoms with E-state index in [2.05, 4.69) is 10.3 Å². The van der Waals surface area contributed by atoms with E-state index < -0.39 is 18.0 Å². The maximum Gasteiger partial charge on any atom is 0.344 e. The van der Waals surface area contributed by atoms with Crippen LogP contribution in [0.3, 0.4) is 0 Å². The van der Waals surface area contributed by atoms with Crippen molar-refractivity contribution in [3.05, 3.63) is 42.1 Å². The van der Waals surface area contributed by atoms with Crippen LogP contribution in [-0.4, -0.2) is 42.8 Å². The first-order chi connectivity index (χ1) is 13.1. The Kier molecular flexibility index (Phi) is 5.75. The number of rotatable bonds is 6. The van der Waals surface area contributed by atoms with Crippen molar-refractivity contribution in [2.45, 2.75) is 20.0 Å². The molecule has 1 N–H and O–H groups in total. The summed E-state index contributed by atoms with van der Waals surface area (Å²) < 4.78 is 21.5. The summed E-state index contributed by atoms with van der Waals surface area (Å²) in [4.78, 5) is 28.7. The predicted octanol–water partition coefficient (Wildman–Crippen LogP) is 2.44. The SMILES string of the molecule is CCOc1ncccc1C(=O)O[C@@H](C)C(=O)Nc1ccc2c(c1)OCCO2. The summed E-state index contributed by atoms with van der Waals surface area (Å²) in [6.07, 6.45) is 0.500. The summed E-state index contributed by atoms with van der Waals surface area (Å²) in [5.74, 6) is 0.196. The molecule has 2 heterocycles. The molecule has 0 spiro atoms. The van der Waals surface area contributed by atoms with Crippen molar-refractivity contribution in [3.63, 3.8) is 0 Å². The first kappa shape index (κ1) is 18.5. The second-order valence-electron chi connectivity index (χ2n) is 5.68. The summed E-state index contributed by atoms with van der Waals surface area (Å²) in [5.41, 5.74) is 0.682. The number of pyridine rings is 1. The van der Waals surface area contributed by atoms with Gasteiger partial charge in [0.25, 0.3) is 5.91 Å². The third-order valence-electron chi connectivity index (χ3n) is 3.73. The van der Waals surface area contributed by atoms with Gasteiger partial charge in [0.15, 0.2) is 17.6 Å². The number of aromatic nitrogens is 1. The Balaban J connectivity index is 1.63. The zero-order chi connectivity index (χ0) is 19.2. The third kappa shape index (κ3) is 4.46. The summed E-state index contributed by atoms with van der Waals surface area (Å²) in [7, 11) is 0. The van der Waals surface area contributed by atoms with E-state index in [-0.39, 0.29) is 11.4 Å². The lowest BCUT2D eigenvalue weighted by molar-refractivity contribution is -0.123. The number of esters is 1. The fraction of sp³-hybridized carbons (Fsp3) is 0.316. The van der Waals surface area contributed by atoms with Crippen molar-refractivity contribution in [1.29, 1.82) is 0 Å². The Hall–Kier alpha value is -3.29. The number of hydrogen-bond donors (Lipinski definition) is 1. The van der Waals surface area contributed by atoms with Gasteiger partial charge in [0, 0.05) is 18.0 Å². The number of hydrogen-bond acceptors (Lipinski definition) is 7. The van der Waals surface area contributed by atoms with Gasteiger partial charge in [-0.1, -0.05) is 0 Å². The molecule has 8 nitrogen and oxygen atoms in total. The van der Waals surface area contributed by atoms with Crippen LogP contribution in [0.5, 0.6) is 17.4 Å². The van der Waals surface area contributed by atoms with E-state index >= 15 is 0 Å². The summed E-state index contributed by atoms with van der Waals surface area (Å²) in [5, 5.41) is 2.69. The molecule has 1 atom stereocenters. The molecule has 0 bridgehead atoms. The van der Waals surface area contributed by atoms with Gasteiger partial charge in [0.1, 0.15) is 18.8 Å². The molecule has 1 aliphatic rings. The highest BCUT2D eigenvalue weighted by Gasteiger charge is 2.22. The predicted molar refractivity (Wildman–Crippen MR) is 96.3 cm³/mol. The molecule has 1 aromatic heterocycles. The maximum atomic E-state index is 12.4. The second-order valence-corrected chi connectivity index (χ2v) is 5.68. The van der Waals surface area contributed by atoms with Gasteiger partial charge in [-0.2, -0.15) is 0 Å². The number of fused-ring (bicyclic) bond motifs is 1. The minimum Gasteiger partial charge on any atom is -0.486 e. The van der Waals surface area contributed by atoms with Crippen molar-refractivity contribution in [2.75, 3.05) is 25.1 Å². The molecule has 0 saturated carbocycles. The standard InChI is InChI=1S/C19H20N2O6/c1-3-24-18-14(5-4-8-20-18)19(23)27-12(2)17(22)21-13-6-7-15-16(11-13)26-10-9-25-15/h4-8,11-12H,3,9-10H2,1-2H3,(H,21,22)/t12-/m0/s1. The van der Waals surface area contributed by atoms with Crippen molar-refractivity contribution in [2.24, 2.45) is 0 Å². The summed E-state index contributed by atoms with van der Waals surface area (Å²) in [6.45, 7) is 4.57. The zero-order valence-corrected chi connectivity index (χ0v) is 15.1. The third-order valence-corrected chi connectivity index (χ3v) is 3.73. The molecule has 142 valence electrons. The van der Waals surface area contributed by atoms with Gasteiger partial charge >= 0.3 is 5.97 Å². The first-order valence-corrected chi connectivity index (χ1v) is 8.57. The topological polar surface area (TPSA) is 96.0 Å². The van der Waals surface area contributed by atoms with Crippen LogP contribution in [0.1, 0.15) is 24.2 Å². The molecule has 27 heavy (non-hydrogen) atoms. The minimum absolute atomic E-state index is 0.165. The van der Waals surface area contributed by atoms with E-state index in [0.717, 1.165) is 0 Å². The molecule has 0 unspecified atom stereocenters. The largest absolute Gasteiger partial charge is 0.486 e. The smallest absolute Gasteiger partial charge is 0.344 e. The molecule has 1 aromatic carbocycles. The lowest BCUT2D eigenvalue weighted by Crippen LogP contribution is -2.30. The maximum absolute atomic E-state index is 12.4. The molecular formula is C19H20N2O6. The highest BCUT2D eigenvalue weighted by atomic mass is 16.6. The monoisotopic (exact) mass is 372 g/mol. The Morgan fingerprint density at radius 2 is 2.00 bits per heavy atom. The number of amides is 1. The molecule has 3 rings (SSSR count). The number of nitrogens with one attached hydrogen (secondary N) is 1. The number of ether oxygens (including phenoxy) is 4. The van der Waals surface area contributed by atoms with Crippen molar-refractivity contribution in [1.82, 2.24) is 4.98 Å². The Bertz CT molecular complexity index is 839. The van der Waals surface area contributed by atoms with E-state index in [0.29, 0.717) is 37.0 Å². The van der Waals surface area contributed by atoms with Gasteiger partial charge in [0.2, 0.25) is 5.88 Å². The molecule has 8 heteroatoms. The molecule has 0 saturated heterocycles. The van der Waals surface area contributed by atoms with Gasteiger partial charge < -0.3 is 24.3 Å². The Morgan fingerprint density at radius 1 is 1.22 bits per heavy atom. The normalized spacial score (nSPS) is 13.4. The van der Waals surface area contributed by atoms with Gasteiger partial charge in [-0.15, -0.1) is 0 Å². The number of anilines is 1. The van der Waals surface area contributed by atoms with E-state index in [9.17, 15) is 9.59 Å². The van der Waals surface area contributed by atoms with Crippen molar-refractivity contribution < 1.29 is 28.5 Å². The zero-order valence-electron chi connectivity index (χ0n) is 15.1. The number of carbonyl (C=O) groups is 2. The van der Waals surface area contributed by atoms with Crippen LogP contribution in [0.4, 0.5) is 5.69 Å². The number of nitrogens with zero attached hydrogens (tertiary/aromatic N) is 1. The fourth-order valence-corrected chi connectivity index (χ4v) is 2.44. The van der Waals surface area contributed by atoms with Gasteiger partial charge in [0.05, 0.1) is 6.61 Å². The Labute approximate surface area is 156 Å². The van der Waals surface area contributed by atoms with Gasteiger partial charge in [-0.3, -0.25) is 4.79 Å². The highest BCUT2D eigenvalue weighted by Crippen LogP contribution is 2.32. The highest BCUT2D eigenvalue weighted by molar-refractivity contribution is 5.98. The number of benzene rings is 1. The molecule has 0 radical (unpaired) electrons. The van der Waals surface area contributed by atoms with Crippen molar-refractivity contribution in [3.8, 4) is 17.4 Å². The molecule has 1 amide bonds. The lowest BCUT2D eigenvalue weighted by atomic mass is 10.2. The quantitative estimate of drug-likeness (QED) is 0.778. The van der Waals surface area contributed by atoms with Crippen LogP contribution in [0, 0.1) is 0 Å². The van der Waals surface area contributed by atoms with Gasteiger partial charge in [-0.25, -0.2) is 9.78 Å². The molecule has 0 fully saturated rings. The van der Waals surface area contributed by atoms with Crippen LogP contribution in [0.15, 0.2) is 36.5 Å². The van der Waals surface area contributed by atoms with E-state index in [1.807, 2.05) is 0 Å². The average Bonchev–Trinajstić information content (AvgIpc) is 2.68. The molecule has 1 aliphatic heterocycles. The van der Waals surface area contributed by atoms with Crippen LogP contribution in [-0.2, 0) is 9.53 Å². The van der Waals surface area contributed by atoms with Crippen LogP contribution in [0.25, 0.3) is 0 Å². The van der Waals surface area contributed by atoms with Crippen LogP contribution >= 0.6 is 0 Å². The average molecular weight is 372 g/mol. The van der Waals surface area contributed by atoms with Gasteiger partial charge in [-0.05, 0) is 38.1 Å². The second kappa shape index (κ2) is 8.39. The summed E-state index contributed by atoms with van der Waals surface area (Å²) in [6, 6.07) is 8.19. The van der Waals surface area contributed by atoms with E-state index in [4.69, 9.17) is 18.9 Å². The fourth-order valence-electron chi connectivity index (χ4n) is 2.44. The van der Waals surface area contributed by atoms with E-state index in [1.165, 1.54) is 19.2 Å². The number of carbonyl (C=O) groups excluding carboxylic acids is 2. The summed E-state index contributed by atoms with van der Waals surface area (Å²) >= 11 is 0. The molecule has 2 aromatic rings. The van der Waals surface area contributed by atoms with Crippen LogP contribution in [0.2, 0.25) is 0 Å².